The second-order valence-electron chi connectivity index (χ2n) is 9.06. The van der Waals surface area contributed by atoms with Crippen LogP contribution in [-0.2, 0) is 11.3 Å². The number of hydrogen-bond donors (Lipinski definition) is 1. The Balaban J connectivity index is 1.52. The summed E-state index contributed by atoms with van der Waals surface area (Å²) in [6.45, 7) is 4.70. The summed E-state index contributed by atoms with van der Waals surface area (Å²) in [5, 5.41) is 12.7. The number of amides is 1. The van der Waals surface area contributed by atoms with Gasteiger partial charge in [-0.15, -0.1) is 10.2 Å². The van der Waals surface area contributed by atoms with E-state index in [-0.39, 0.29) is 11.2 Å². The number of thioether (sulfide) groups is 1. The minimum Gasteiger partial charge on any atom is -0.497 e. The molecule has 2 aromatic carbocycles. The van der Waals surface area contributed by atoms with Crippen LogP contribution < -0.4 is 14.8 Å². The molecular formula is C27H34N4O3S. The van der Waals surface area contributed by atoms with Gasteiger partial charge in [-0.25, -0.2) is 0 Å². The van der Waals surface area contributed by atoms with Crippen LogP contribution >= 0.6 is 11.8 Å². The van der Waals surface area contributed by atoms with Crippen molar-refractivity contribution in [3.63, 3.8) is 0 Å². The van der Waals surface area contributed by atoms with E-state index in [0.29, 0.717) is 18.5 Å². The van der Waals surface area contributed by atoms with Crippen LogP contribution in [0.2, 0.25) is 0 Å². The van der Waals surface area contributed by atoms with E-state index in [4.69, 9.17) is 9.47 Å². The maximum absolute atomic E-state index is 12.9. The first-order valence-electron chi connectivity index (χ1n) is 12.2. The molecule has 1 N–H and O–H groups in total. The van der Waals surface area contributed by atoms with Crippen LogP contribution in [-0.4, -0.2) is 40.1 Å². The van der Waals surface area contributed by atoms with E-state index in [1.54, 1.807) is 14.2 Å². The quantitative estimate of drug-likeness (QED) is 0.395. The summed E-state index contributed by atoms with van der Waals surface area (Å²) in [7, 11) is 3.31. The van der Waals surface area contributed by atoms with Gasteiger partial charge >= 0.3 is 0 Å². The molecule has 35 heavy (non-hydrogen) atoms. The molecule has 0 radical (unpaired) electrons. The predicted molar refractivity (Wildman–Crippen MR) is 139 cm³/mol. The summed E-state index contributed by atoms with van der Waals surface area (Å²) >= 11 is 1.47. The van der Waals surface area contributed by atoms with Crippen molar-refractivity contribution in [1.82, 2.24) is 20.1 Å². The Morgan fingerprint density at radius 3 is 2.29 bits per heavy atom. The van der Waals surface area contributed by atoms with Gasteiger partial charge in [0.1, 0.15) is 11.5 Å². The number of carbonyl (C=O) groups excluding carboxylic acids is 1. The lowest BCUT2D eigenvalue weighted by atomic mass is 9.85. The molecule has 1 heterocycles. The number of benzene rings is 2. The third-order valence-electron chi connectivity index (χ3n) is 6.69. The van der Waals surface area contributed by atoms with Crippen molar-refractivity contribution in [3.8, 4) is 22.9 Å². The highest BCUT2D eigenvalue weighted by atomic mass is 32.2. The Bertz CT molecular complexity index is 1110. The van der Waals surface area contributed by atoms with Crippen molar-refractivity contribution in [3.05, 3.63) is 54.1 Å². The summed E-state index contributed by atoms with van der Waals surface area (Å²) in [5.74, 6) is 2.95. The number of methoxy groups -OCH3 is 2. The summed E-state index contributed by atoms with van der Waals surface area (Å²) in [5.41, 5.74) is 2.02. The Morgan fingerprint density at radius 1 is 1.03 bits per heavy atom. The molecule has 8 heteroatoms. The van der Waals surface area contributed by atoms with Gasteiger partial charge in [0.25, 0.3) is 0 Å². The molecule has 7 nitrogen and oxygen atoms in total. The van der Waals surface area contributed by atoms with E-state index in [1.165, 1.54) is 31.0 Å². The first kappa shape index (κ1) is 25.1. The Hall–Kier alpha value is -3.00. The summed E-state index contributed by atoms with van der Waals surface area (Å²) < 4.78 is 12.8. The van der Waals surface area contributed by atoms with E-state index in [0.717, 1.165) is 40.0 Å². The zero-order chi connectivity index (χ0) is 24.8. The number of aromatic nitrogens is 3. The highest BCUT2D eigenvalue weighted by Gasteiger charge is 2.30. The molecular weight excluding hydrogens is 460 g/mol. The molecule has 1 aliphatic carbocycles. The number of nitrogens with zero attached hydrogens (tertiary/aromatic N) is 3. The number of carbonyl (C=O) groups is 1. The molecule has 1 fully saturated rings. The lowest BCUT2D eigenvalue weighted by Gasteiger charge is -2.31. The average Bonchev–Trinajstić information content (AvgIpc) is 3.30. The maximum Gasteiger partial charge on any atom is 0.233 e. The van der Waals surface area contributed by atoms with Crippen molar-refractivity contribution in [2.24, 2.45) is 5.92 Å². The van der Waals surface area contributed by atoms with E-state index >= 15 is 0 Å². The highest BCUT2D eigenvalue weighted by molar-refractivity contribution is 8.00. The molecule has 3 aromatic rings. The second kappa shape index (κ2) is 11.6. The number of hydrogen-bond acceptors (Lipinski definition) is 6. The first-order valence-corrected chi connectivity index (χ1v) is 13.0. The third-order valence-corrected chi connectivity index (χ3v) is 7.74. The van der Waals surface area contributed by atoms with Gasteiger partial charge in [-0.05, 0) is 67.6 Å². The van der Waals surface area contributed by atoms with Crippen molar-refractivity contribution in [2.45, 2.75) is 62.5 Å². The van der Waals surface area contributed by atoms with Gasteiger partial charge < -0.3 is 14.8 Å². The van der Waals surface area contributed by atoms with Gasteiger partial charge in [0, 0.05) is 18.2 Å². The average molecular weight is 495 g/mol. The molecule has 0 bridgehead atoms. The van der Waals surface area contributed by atoms with Crippen LogP contribution in [0.3, 0.4) is 0 Å². The Kier molecular flexibility index (Phi) is 8.33. The molecule has 1 amide bonds. The molecule has 1 saturated carbocycles. The minimum absolute atomic E-state index is 0.0249. The van der Waals surface area contributed by atoms with Crippen molar-refractivity contribution in [2.75, 3.05) is 14.2 Å². The van der Waals surface area contributed by atoms with Crippen LogP contribution in [0.4, 0.5) is 0 Å². The van der Waals surface area contributed by atoms with Gasteiger partial charge in [0.15, 0.2) is 11.0 Å². The van der Waals surface area contributed by atoms with E-state index in [1.807, 2.05) is 55.5 Å². The largest absolute Gasteiger partial charge is 0.497 e. The predicted octanol–water partition coefficient (Wildman–Crippen LogP) is 5.51. The zero-order valence-electron chi connectivity index (χ0n) is 20.9. The topological polar surface area (TPSA) is 78.3 Å². The molecule has 1 aliphatic rings. The van der Waals surface area contributed by atoms with Gasteiger partial charge in [-0.1, -0.05) is 43.7 Å². The Morgan fingerprint density at radius 2 is 1.66 bits per heavy atom. The fourth-order valence-electron chi connectivity index (χ4n) is 4.56. The van der Waals surface area contributed by atoms with E-state index < -0.39 is 0 Å². The van der Waals surface area contributed by atoms with Crippen molar-refractivity contribution < 1.29 is 14.3 Å². The lowest BCUT2D eigenvalue weighted by Crippen LogP contribution is -2.31. The molecule has 0 spiro atoms. The van der Waals surface area contributed by atoms with Crippen molar-refractivity contribution in [1.29, 1.82) is 0 Å². The summed E-state index contributed by atoms with van der Waals surface area (Å²) in [6, 6.07) is 16.0. The molecule has 1 aromatic heterocycles. The second-order valence-corrected chi connectivity index (χ2v) is 10.4. The van der Waals surface area contributed by atoms with Gasteiger partial charge in [0.05, 0.1) is 19.5 Å². The van der Waals surface area contributed by atoms with E-state index in [2.05, 4.69) is 27.0 Å². The minimum atomic E-state index is -0.307. The highest BCUT2D eigenvalue weighted by Crippen LogP contribution is 2.39. The fraction of sp³-hybridized carbons (Fsp3) is 0.444. The first-order chi connectivity index (χ1) is 17.0. The van der Waals surface area contributed by atoms with E-state index in [9.17, 15) is 4.79 Å². The Labute approximate surface area is 211 Å². The fourth-order valence-corrected chi connectivity index (χ4v) is 5.49. The lowest BCUT2D eigenvalue weighted by molar-refractivity contribution is -0.120. The van der Waals surface area contributed by atoms with Crippen LogP contribution in [0.5, 0.6) is 11.5 Å². The number of ether oxygens (including phenoxy) is 2. The summed E-state index contributed by atoms with van der Waals surface area (Å²) in [6.07, 6.45) is 4.72. The van der Waals surface area contributed by atoms with Gasteiger partial charge in [-0.3, -0.25) is 9.36 Å². The van der Waals surface area contributed by atoms with Gasteiger partial charge in [-0.2, -0.15) is 0 Å². The number of rotatable bonds is 9. The van der Waals surface area contributed by atoms with Crippen molar-refractivity contribution >= 4 is 17.7 Å². The molecule has 0 unspecified atom stereocenters. The SMILES string of the molecule is COc1ccc(CNC(=O)[C@H](C)Sc2nnc(-c3ccc(OC)cc3)n2[C@H]2CCCC[C@H]2C)cc1. The van der Waals surface area contributed by atoms with Crippen LogP contribution in [0.25, 0.3) is 11.4 Å². The van der Waals surface area contributed by atoms with Gasteiger partial charge in [0.2, 0.25) is 5.91 Å². The van der Waals surface area contributed by atoms with Crippen LogP contribution in [0, 0.1) is 5.92 Å². The zero-order valence-corrected chi connectivity index (χ0v) is 21.7. The number of nitrogens with one attached hydrogen (secondary N) is 1. The summed E-state index contributed by atoms with van der Waals surface area (Å²) in [4.78, 5) is 12.9. The molecule has 4 rings (SSSR count). The normalized spacial score (nSPS) is 18.6. The molecule has 3 atom stereocenters. The van der Waals surface area contributed by atoms with Crippen LogP contribution in [0.1, 0.15) is 51.1 Å². The standard InChI is InChI=1S/C27H34N4O3S/c1-18-7-5-6-8-24(18)31-25(21-11-15-23(34-4)16-12-21)29-30-27(31)35-19(2)26(32)28-17-20-9-13-22(33-3)14-10-20/h9-16,18-19,24H,5-8,17H2,1-4H3,(H,28,32)/t18-,19+,24+/m1/s1. The monoisotopic (exact) mass is 494 g/mol. The van der Waals surface area contributed by atoms with Crippen LogP contribution in [0.15, 0.2) is 53.7 Å². The molecule has 186 valence electrons. The molecule has 0 saturated heterocycles. The third kappa shape index (κ3) is 5.99. The smallest absolute Gasteiger partial charge is 0.233 e. The maximum atomic E-state index is 12.9. The molecule has 0 aliphatic heterocycles.